The van der Waals surface area contributed by atoms with Crippen LogP contribution in [0, 0.1) is 5.82 Å². The normalized spacial score (nSPS) is 22.2. The number of rotatable bonds is 5. The summed E-state index contributed by atoms with van der Waals surface area (Å²) in [7, 11) is 1.94. The first kappa shape index (κ1) is 17.8. The average Bonchev–Trinajstić information content (AvgIpc) is 2.70. The number of nitrogens with zero attached hydrogens (tertiary/aromatic N) is 2. The molecule has 0 saturated carbocycles. The summed E-state index contributed by atoms with van der Waals surface area (Å²) in [6.07, 6.45) is 1.98. The molecule has 2 rings (SSSR count). The Balaban J connectivity index is 1.90. The molecule has 128 valence electrons. The molecule has 6 heteroatoms. The Morgan fingerprint density at radius 1 is 1.35 bits per heavy atom. The van der Waals surface area contributed by atoms with E-state index in [1.165, 1.54) is 12.1 Å². The van der Waals surface area contributed by atoms with Gasteiger partial charge in [0.1, 0.15) is 5.82 Å². The van der Waals surface area contributed by atoms with E-state index in [0.29, 0.717) is 39.0 Å². The van der Waals surface area contributed by atoms with Crippen LogP contribution in [0.5, 0.6) is 0 Å². The molecule has 23 heavy (non-hydrogen) atoms. The van der Waals surface area contributed by atoms with E-state index in [2.05, 4.69) is 0 Å². The van der Waals surface area contributed by atoms with Crippen molar-refractivity contribution in [3.63, 3.8) is 0 Å². The van der Waals surface area contributed by atoms with Gasteiger partial charge in [0, 0.05) is 26.2 Å². The lowest BCUT2D eigenvalue weighted by molar-refractivity contribution is -0.129. The third-order valence-electron chi connectivity index (χ3n) is 4.37. The number of carbonyl (C=O) groups excluding carboxylic acids is 1. The van der Waals surface area contributed by atoms with E-state index < -0.39 is 5.60 Å². The Hall–Kier alpha value is -1.50. The van der Waals surface area contributed by atoms with E-state index >= 15 is 0 Å². The minimum Gasteiger partial charge on any atom is -0.388 e. The summed E-state index contributed by atoms with van der Waals surface area (Å²) in [5.41, 5.74) is 5.61. The van der Waals surface area contributed by atoms with Crippen LogP contribution in [0.2, 0.25) is 0 Å². The minimum atomic E-state index is -0.807. The molecule has 1 aromatic carbocycles. The molecule has 1 aliphatic rings. The summed E-state index contributed by atoms with van der Waals surface area (Å²) in [5.74, 6) is -0.308. The molecule has 1 amide bonds. The standard InChI is InChI=1S/C17H26FN3O2/c1-20(12-14-3-5-15(18)6-4-14)13-17(23)7-2-9-21(10-8-17)16(22)11-19/h3-6,23H,2,7-13,19H2,1H3/t17-/m1/s1. The van der Waals surface area contributed by atoms with Crippen LogP contribution >= 0.6 is 0 Å². The second-order valence-electron chi connectivity index (χ2n) is 6.46. The summed E-state index contributed by atoms with van der Waals surface area (Å²) in [4.78, 5) is 15.5. The van der Waals surface area contributed by atoms with E-state index in [0.717, 1.165) is 12.0 Å². The Morgan fingerprint density at radius 3 is 2.70 bits per heavy atom. The molecular weight excluding hydrogens is 297 g/mol. The van der Waals surface area contributed by atoms with Crippen LogP contribution in [0.4, 0.5) is 4.39 Å². The largest absolute Gasteiger partial charge is 0.388 e. The number of amides is 1. The Bertz CT molecular complexity index is 523. The molecule has 0 bridgehead atoms. The van der Waals surface area contributed by atoms with E-state index in [4.69, 9.17) is 5.73 Å². The smallest absolute Gasteiger partial charge is 0.236 e. The molecule has 0 aromatic heterocycles. The number of aliphatic hydroxyl groups is 1. The number of hydrogen-bond donors (Lipinski definition) is 2. The maximum Gasteiger partial charge on any atom is 0.236 e. The van der Waals surface area contributed by atoms with Crippen molar-refractivity contribution in [2.24, 2.45) is 5.73 Å². The highest BCUT2D eigenvalue weighted by Gasteiger charge is 2.32. The highest BCUT2D eigenvalue weighted by molar-refractivity contribution is 5.78. The fourth-order valence-corrected chi connectivity index (χ4v) is 3.18. The molecule has 0 unspecified atom stereocenters. The maximum atomic E-state index is 12.9. The minimum absolute atomic E-state index is 0.0168. The third-order valence-corrected chi connectivity index (χ3v) is 4.37. The van der Waals surface area contributed by atoms with Crippen molar-refractivity contribution in [1.29, 1.82) is 0 Å². The monoisotopic (exact) mass is 323 g/mol. The third kappa shape index (κ3) is 5.27. The van der Waals surface area contributed by atoms with Crippen molar-refractivity contribution in [2.45, 2.75) is 31.4 Å². The number of carbonyl (C=O) groups is 1. The van der Waals surface area contributed by atoms with Crippen molar-refractivity contribution in [2.75, 3.05) is 33.2 Å². The van der Waals surface area contributed by atoms with Gasteiger partial charge in [-0.25, -0.2) is 4.39 Å². The van der Waals surface area contributed by atoms with Gasteiger partial charge in [-0.15, -0.1) is 0 Å². The number of benzene rings is 1. The van der Waals surface area contributed by atoms with Crippen LogP contribution in [0.15, 0.2) is 24.3 Å². The van der Waals surface area contributed by atoms with Crippen LogP contribution < -0.4 is 5.73 Å². The summed E-state index contributed by atoms with van der Waals surface area (Å²) < 4.78 is 12.9. The first-order valence-electron chi connectivity index (χ1n) is 8.05. The molecule has 0 spiro atoms. The van der Waals surface area contributed by atoms with Crippen molar-refractivity contribution in [3.05, 3.63) is 35.6 Å². The average molecular weight is 323 g/mol. The maximum absolute atomic E-state index is 12.9. The fraction of sp³-hybridized carbons (Fsp3) is 0.588. The zero-order chi connectivity index (χ0) is 16.9. The van der Waals surface area contributed by atoms with Gasteiger partial charge in [-0.05, 0) is 44.0 Å². The summed E-state index contributed by atoms with van der Waals surface area (Å²) in [5, 5.41) is 10.8. The number of likely N-dealkylation sites (N-methyl/N-ethyl adjacent to an activating group) is 1. The number of likely N-dealkylation sites (tertiary alicyclic amines) is 1. The molecule has 1 heterocycles. The van der Waals surface area contributed by atoms with Gasteiger partial charge in [0.05, 0.1) is 12.1 Å². The first-order valence-corrected chi connectivity index (χ1v) is 8.05. The van der Waals surface area contributed by atoms with Crippen molar-refractivity contribution in [1.82, 2.24) is 9.80 Å². The molecule has 3 N–H and O–H groups in total. The van der Waals surface area contributed by atoms with E-state index in [1.54, 1.807) is 17.0 Å². The lowest BCUT2D eigenvalue weighted by Crippen LogP contribution is -2.43. The van der Waals surface area contributed by atoms with Crippen molar-refractivity contribution < 1.29 is 14.3 Å². The van der Waals surface area contributed by atoms with Gasteiger partial charge in [0.15, 0.2) is 0 Å². The molecule has 1 aliphatic heterocycles. The van der Waals surface area contributed by atoms with E-state index in [-0.39, 0.29) is 18.3 Å². The van der Waals surface area contributed by atoms with Crippen LogP contribution in [-0.4, -0.2) is 59.6 Å². The molecule has 1 fully saturated rings. The SMILES string of the molecule is CN(Cc1ccc(F)cc1)C[C@@]1(O)CCCN(C(=O)CN)CC1. The highest BCUT2D eigenvalue weighted by atomic mass is 19.1. The zero-order valence-electron chi connectivity index (χ0n) is 13.7. The van der Waals surface area contributed by atoms with Gasteiger partial charge < -0.3 is 15.7 Å². The van der Waals surface area contributed by atoms with Crippen LogP contribution in [-0.2, 0) is 11.3 Å². The molecule has 0 aliphatic carbocycles. The number of nitrogens with two attached hydrogens (primary N) is 1. The fourth-order valence-electron chi connectivity index (χ4n) is 3.18. The molecule has 1 atom stereocenters. The van der Waals surface area contributed by atoms with Crippen molar-refractivity contribution in [3.8, 4) is 0 Å². The summed E-state index contributed by atoms with van der Waals surface area (Å²) >= 11 is 0. The van der Waals surface area contributed by atoms with Crippen LogP contribution in [0.1, 0.15) is 24.8 Å². The first-order chi connectivity index (χ1) is 10.9. The highest BCUT2D eigenvalue weighted by Crippen LogP contribution is 2.24. The zero-order valence-corrected chi connectivity index (χ0v) is 13.7. The van der Waals surface area contributed by atoms with Gasteiger partial charge in [0.2, 0.25) is 5.91 Å². The Morgan fingerprint density at radius 2 is 2.04 bits per heavy atom. The number of hydrogen-bond acceptors (Lipinski definition) is 4. The predicted molar refractivity (Wildman–Crippen MR) is 87.2 cm³/mol. The van der Waals surface area contributed by atoms with E-state index in [9.17, 15) is 14.3 Å². The topological polar surface area (TPSA) is 69.8 Å². The van der Waals surface area contributed by atoms with Crippen LogP contribution in [0.25, 0.3) is 0 Å². The van der Waals surface area contributed by atoms with Gasteiger partial charge in [-0.2, -0.15) is 0 Å². The molecule has 1 aromatic rings. The molecule has 5 nitrogen and oxygen atoms in total. The second kappa shape index (κ2) is 7.86. The van der Waals surface area contributed by atoms with Gasteiger partial charge in [-0.1, -0.05) is 12.1 Å². The summed E-state index contributed by atoms with van der Waals surface area (Å²) in [6.45, 7) is 2.38. The van der Waals surface area contributed by atoms with Crippen molar-refractivity contribution >= 4 is 5.91 Å². The summed E-state index contributed by atoms with van der Waals surface area (Å²) in [6, 6.07) is 6.40. The molecular formula is C17H26FN3O2. The number of halogens is 1. The van der Waals surface area contributed by atoms with Gasteiger partial charge in [-0.3, -0.25) is 9.69 Å². The van der Waals surface area contributed by atoms with Crippen LogP contribution in [0.3, 0.4) is 0 Å². The Labute approximate surface area is 136 Å². The second-order valence-corrected chi connectivity index (χ2v) is 6.46. The van der Waals surface area contributed by atoms with Gasteiger partial charge >= 0.3 is 0 Å². The lowest BCUT2D eigenvalue weighted by atomic mass is 9.94. The predicted octanol–water partition coefficient (Wildman–Crippen LogP) is 0.960. The van der Waals surface area contributed by atoms with Gasteiger partial charge in [0.25, 0.3) is 0 Å². The molecule has 0 radical (unpaired) electrons. The quantitative estimate of drug-likeness (QED) is 0.847. The van der Waals surface area contributed by atoms with E-state index in [1.807, 2.05) is 11.9 Å². The Kier molecular flexibility index (Phi) is 6.10. The molecule has 1 saturated heterocycles. The lowest BCUT2D eigenvalue weighted by Gasteiger charge is -2.31.